The molecule has 0 saturated carbocycles. The number of anilines is 1. The zero-order chi connectivity index (χ0) is 14.0. The summed E-state index contributed by atoms with van der Waals surface area (Å²) in [6, 6.07) is 5.41. The molecule has 0 spiro atoms. The van der Waals surface area contributed by atoms with Crippen LogP contribution in [0.1, 0.15) is 23.0 Å². The topological polar surface area (TPSA) is 78.3 Å². The van der Waals surface area contributed by atoms with Gasteiger partial charge in [-0.3, -0.25) is 0 Å². The molecule has 0 bridgehead atoms. The van der Waals surface area contributed by atoms with Crippen molar-refractivity contribution >= 4 is 23.5 Å². The van der Waals surface area contributed by atoms with Crippen LogP contribution in [-0.2, 0) is 4.74 Å². The molecule has 0 saturated heterocycles. The number of benzene rings is 1. The molecule has 0 radical (unpaired) electrons. The van der Waals surface area contributed by atoms with Gasteiger partial charge < -0.3 is 14.9 Å². The van der Waals surface area contributed by atoms with Crippen molar-refractivity contribution in [2.24, 2.45) is 0 Å². The molecule has 0 atom stereocenters. The zero-order valence-electron chi connectivity index (χ0n) is 10.6. The standard InChI is InChI=1S/C13H13ClN2O3/c1-3-18-13(17)10-11(15)19-12(16-10)8-5-4-7(2)6-9(8)14/h4-6H,3,15H2,1-2H3. The van der Waals surface area contributed by atoms with Crippen LogP contribution in [0.2, 0.25) is 5.02 Å². The highest BCUT2D eigenvalue weighted by Crippen LogP contribution is 2.30. The smallest absolute Gasteiger partial charge is 0.362 e. The number of carbonyl (C=O) groups is 1. The van der Waals surface area contributed by atoms with Crippen molar-refractivity contribution in [2.75, 3.05) is 12.3 Å². The number of aryl methyl sites for hydroxylation is 1. The van der Waals surface area contributed by atoms with Crippen LogP contribution in [0.3, 0.4) is 0 Å². The fourth-order valence-electron chi connectivity index (χ4n) is 1.59. The van der Waals surface area contributed by atoms with Gasteiger partial charge in [0.15, 0.2) is 0 Å². The molecular formula is C13H13ClN2O3. The first-order valence-corrected chi connectivity index (χ1v) is 6.10. The maximum Gasteiger partial charge on any atom is 0.362 e. The summed E-state index contributed by atoms with van der Waals surface area (Å²) in [5, 5.41) is 0.483. The van der Waals surface area contributed by atoms with E-state index in [4.69, 9.17) is 26.5 Å². The number of rotatable bonds is 3. The normalized spacial score (nSPS) is 10.5. The lowest BCUT2D eigenvalue weighted by molar-refractivity contribution is 0.0521. The van der Waals surface area contributed by atoms with Crippen LogP contribution in [0.15, 0.2) is 22.6 Å². The quantitative estimate of drug-likeness (QED) is 0.874. The number of hydrogen-bond donors (Lipinski definition) is 1. The number of nitrogen functional groups attached to an aromatic ring is 1. The number of hydrogen-bond acceptors (Lipinski definition) is 5. The van der Waals surface area contributed by atoms with E-state index in [0.717, 1.165) is 5.56 Å². The third-order valence-electron chi connectivity index (χ3n) is 2.48. The molecule has 6 heteroatoms. The third-order valence-corrected chi connectivity index (χ3v) is 2.79. The van der Waals surface area contributed by atoms with Crippen molar-refractivity contribution < 1.29 is 13.9 Å². The fourth-order valence-corrected chi connectivity index (χ4v) is 1.90. The predicted molar refractivity (Wildman–Crippen MR) is 72.1 cm³/mol. The monoisotopic (exact) mass is 280 g/mol. The van der Waals surface area contributed by atoms with Crippen LogP contribution >= 0.6 is 11.6 Å². The van der Waals surface area contributed by atoms with Gasteiger partial charge >= 0.3 is 5.97 Å². The van der Waals surface area contributed by atoms with Gasteiger partial charge in [-0.05, 0) is 31.5 Å². The number of esters is 1. The van der Waals surface area contributed by atoms with E-state index in [-0.39, 0.29) is 24.1 Å². The largest absolute Gasteiger partial charge is 0.461 e. The third kappa shape index (κ3) is 2.71. The van der Waals surface area contributed by atoms with Crippen molar-refractivity contribution in [1.29, 1.82) is 0 Å². The van der Waals surface area contributed by atoms with Crippen LogP contribution in [-0.4, -0.2) is 17.6 Å². The molecule has 100 valence electrons. The van der Waals surface area contributed by atoms with Gasteiger partial charge in [-0.15, -0.1) is 0 Å². The summed E-state index contributed by atoms with van der Waals surface area (Å²) in [6.07, 6.45) is 0. The Hall–Kier alpha value is -2.01. The Morgan fingerprint density at radius 1 is 1.53 bits per heavy atom. The van der Waals surface area contributed by atoms with Crippen LogP contribution in [0.25, 0.3) is 11.5 Å². The van der Waals surface area contributed by atoms with Crippen molar-refractivity contribution in [3.05, 3.63) is 34.5 Å². The summed E-state index contributed by atoms with van der Waals surface area (Å²) in [6.45, 7) is 3.86. The lowest BCUT2D eigenvalue weighted by Crippen LogP contribution is -2.07. The lowest BCUT2D eigenvalue weighted by Gasteiger charge is -2.00. The van der Waals surface area contributed by atoms with Gasteiger partial charge in [-0.25, -0.2) is 4.79 Å². The Kier molecular flexibility index (Phi) is 3.76. The van der Waals surface area contributed by atoms with Gasteiger partial charge in [0.1, 0.15) is 0 Å². The Balaban J connectivity index is 2.42. The number of oxazole rings is 1. The van der Waals surface area contributed by atoms with E-state index < -0.39 is 5.97 Å². The Labute approximate surface area is 115 Å². The van der Waals surface area contributed by atoms with E-state index in [1.165, 1.54) is 0 Å². The first-order valence-electron chi connectivity index (χ1n) is 5.73. The second kappa shape index (κ2) is 5.32. The fraction of sp³-hybridized carbons (Fsp3) is 0.231. The van der Waals surface area contributed by atoms with Crippen LogP contribution < -0.4 is 5.73 Å². The minimum atomic E-state index is -0.613. The predicted octanol–water partition coefficient (Wildman–Crippen LogP) is 3.06. The molecule has 1 heterocycles. The maximum absolute atomic E-state index is 11.6. The van der Waals surface area contributed by atoms with E-state index >= 15 is 0 Å². The Morgan fingerprint density at radius 2 is 2.26 bits per heavy atom. The van der Waals surface area contributed by atoms with Crippen molar-refractivity contribution in [1.82, 2.24) is 4.98 Å². The van der Waals surface area contributed by atoms with E-state index in [1.807, 2.05) is 13.0 Å². The van der Waals surface area contributed by atoms with E-state index in [9.17, 15) is 4.79 Å². The van der Waals surface area contributed by atoms with Gasteiger partial charge in [0.2, 0.25) is 17.5 Å². The molecule has 1 aromatic carbocycles. The van der Waals surface area contributed by atoms with Gasteiger partial charge in [0.05, 0.1) is 17.2 Å². The highest BCUT2D eigenvalue weighted by molar-refractivity contribution is 6.33. The number of nitrogens with zero attached hydrogens (tertiary/aromatic N) is 1. The summed E-state index contributed by atoms with van der Waals surface area (Å²) in [5.74, 6) is -0.492. The van der Waals surface area contributed by atoms with Gasteiger partial charge in [-0.2, -0.15) is 4.98 Å². The summed E-state index contributed by atoms with van der Waals surface area (Å²) in [4.78, 5) is 15.6. The summed E-state index contributed by atoms with van der Waals surface area (Å²) in [7, 11) is 0. The number of aromatic nitrogens is 1. The summed E-state index contributed by atoms with van der Waals surface area (Å²) in [5.41, 5.74) is 7.17. The average molecular weight is 281 g/mol. The molecule has 0 fully saturated rings. The average Bonchev–Trinajstić information content (AvgIpc) is 2.71. The van der Waals surface area contributed by atoms with Gasteiger partial charge in [0.25, 0.3) is 0 Å². The molecule has 0 amide bonds. The van der Waals surface area contributed by atoms with Crippen LogP contribution in [0.4, 0.5) is 5.88 Å². The molecule has 2 rings (SSSR count). The lowest BCUT2D eigenvalue weighted by atomic mass is 10.1. The number of nitrogens with two attached hydrogens (primary N) is 1. The minimum absolute atomic E-state index is 0.0338. The minimum Gasteiger partial charge on any atom is -0.461 e. The van der Waals surface area contributed by atoms with Crippen LogP contribution in [0.5, 0.6) is 0 Å². The first kappa shape index (κ1) is 13.4. The van der Waals surface area contributed by atoms with Crippen molar-refractivity contribution in [2.45, 2.75) is 13.8 Å². The number of ether oxygens (including phenoxy) is 1. The SMILES string of the molecule is CCOC(=O)c1nc(-c2ccc(C)cc2Cl)oc1N. The summed E-state index contributed by atoms with van der Waals surface area (Å²) < 4.78 is 10.1. The van der Waals surface area contributed by atoms with Crippen molar-refractivity contribution in [3.8, 4) is 11.5 Å². The zero-order valence-corrected chi connectivity index (χ0v) is 11.3. The van der Waals surface area contributed by atoms with Gasteiger partial charge in [-0.1, -0.05) is 17.7 Å². The second-order valence-electron chi connectivity index (χ2n) is 3.94. The number of carbonyl (C=O) groups excluding carboxylic acids is 1. The molecule has 0 aliphatic rings. The maximum atomic E-state index is 11.6. The Morgan fingerprint density at radius 3 is 2.89 bits per heavy atom. The van der Waals surface area contributed by atoms with Gasteiger partial charge in [0, 0.05) is 0 Å². The Bertz CT molecular complexity index is 622. The molecule has 2 N–H and O–H groups in total. The molecular weight excluding hydrogens is 268 g/mol. The summed E-state index contributed by atoms with van der Waals surface area (Å²) >= 11 is 6.11. The highest BCUT2D eigenvalue weighted by atomic mass is 35.5. The molecule has 19 heavy (non-hydrogen) atoms. The first-order chi connectivity index (χ1) is 9.02. The molecule has 0 unspecified atom stereocenters. The molecule has 2 aromatic rings. The molecule has 1 aromatic heterocycles. The highest BCUT2D eigenvalue weighted by Gasteiger charge is 2.21. The molecule has 0 aliphatic carbocycles. The number of halogens is 1. The molecule has 5 nitrogen and oxygen atoms in total. The second-order valence-corrected chi connectivity index (χ2v) is 4.34. The van der Waals surface area contributed by atoms with E-state index in [1.54, 1.807) is 19.1 Å². The van der Waals surface area contributed by atoms with E-state index in [0.29, 0.717) is 10.6 Å². The van der Waals surface area contributed by atoms with Crippen LogP contribution in [0, 0.1) is 6.92 Å². The van der Waals surface area contributed by atoms with Crippen molar-refractivity contribution in [3.63, 3.8) is 0 Å². The van der Waals surface area contributed by atoms with E-state index in [2.05, 4.69) is 4.98 Å². The molecule has 0 aliphatic heterocycles.